The lowest BCUT2D eigenvalue weighted by molar-refractivity contribution is -0.150. The summed E-state index contributed by atoms with van der Waals surface area (Å²) in [4.78, 5) is 11.3. The summed E-state index contributed by atoms with van der Waals surface area (Å²) in [5, 5.41) is 0. The van der Waals surface area contributed by atoms with E-state index >= 15 is 0 Å². The molecule has 1 aliphatic rings. The van der Waals surface area contributed by atoms with Gasteiger partial charge in [0.15, 0.2) is 6.29 Å². The van der Waals surface area contributed by atoms with Crippen LogP contribution in [0.2, 0.25) is 0 Å². The first-order chi connectivity index (χ1) is 8.18. The SMILES string of the molecule is C=CCC(CC)(CCC(=O)OC)C1OCCO1. The summed E-state index contributed by atoms with van der Waals surface area (Å²) in [7, 11) is 1.41. The Hall–Kier alpha value is -0.870. The van der Waals surface area contributed by atoms with Gasteiger partial charge in [-0.1, -0.05) is 13.0 Å². The molecule has 0 aliphatic carbocycles. The van der Waals surface area contributed by atoms with Crippen LogP contribution in [0.4, 0.5) is 0 Å². The largest absolute Gasteiger partial charge is 0.469 e. The molecule has 1 rings (SSSR count). The molecule has 1 atom stereocenters. The van der Waals surface area contributed by atoms with E-state index in [-0.39, 0.29) is 17.7 Å². The first-order valence-corrected chi connectivity index (χ1v) is 6.09. The normalized spacial score (nSPS) is 19.9. The number of ether oxygens (including phenoxy) is 3. The molecule has 0 saturated carbocycles. The number of carbonyl (C=O) groups is 1. The van der Waals surface area contributed by atoms with Crippen LogP contribution in [0.15, 0.2) is 12.7 Å². The second-order valence-corrected chi connectivity index (χ2v) is 4.36. The van der Waals surface area contributed by atoms with E-state index in [2.05, 4.69) is 18.2 Å². The molecule has 0 amide bonds. The molecule has 4 heteroatoms. The molecule has 0 aromatic heterocycles. The van der Waals surface area contributed by atoms with Crippen LogP contribution < -0.4 is 0 Å². The average molecular weight is 242 g/mol. The lowest BCUT2D eigenvalue weighted by Crippen LogP contribution is -2.36. The lowest BCUT2D eigenvalue weighted by atomic mass is 9.77. The molecule has 4 nitrogen and oxygen atoms in total. The van der Waals surface area contributed by atoms with Gasteiger partial charge in [-0.2, -0.15) is 0 Å². The van der Waals surface area contributed by atoms with Crippen LogP contribution in [-0.4, -0.2) is 32.6 Å². The van der Waals surface area contributed by atoms with Crippen molar-refractivity contribution in [2.45, 2.75) is 38.9 Å². The van der Waals surface area contributed by atoms with Crippen LogP contribution in [0.5, 0.6) is 0 Å². The topological polar surface area (TPSA) is 44.8 Å². The van der Waals surface area contributed by atoms with Crippen LogP contribution in [-0.2, 0) is 19.0 Å². The fourth-order valence-electron chi connectivity index (χ4n) is 2.26. The molecular formula is C13H22O4. The molecule has 0 radical (unpaired) electrons. The summed E-state index contributed by atoms with van der Waals surface area (Å²) in [6.07, 6.45) is 4.40. The van der Waals surface area contributed by atoms with Gasteiger partial charge in [0.25, 0.3) is 0 Å². The Bertz CT molecular complexity index is 258. The minimum absolute atomic E-state index is 0.160. The Morgan fingerprint density at radius 2 is 2.18 bits per heavy atom. The zero-order valence-corrected chi connectivity index (χ0v) is 10.7. The predicted octanol–water partition coefficient (Wildman–Crippen LogP) is 2.29. The van der Waals surface area contributed by atoms with Crippen LogP contribution >= 0.6 is 0 Å². The van der Waals surface area contributed by atoms with Gasteiger partial charge in [-0.3, -0.25) is 4.79 Å². The molecule has 0 spiro atoms. The molecule has 17 heavy (non-hydrogen) atoms. The van der Waals surface area contributed by atoms with E-state index in [0.29, 0.717) is 26.1 Å². The summed E-state index contributed by atoms with van der Waals surface area (Å²) in [6.45, 7) is 7.13. The fourth-order valence-corrected chi connectivity index (χ4v) is 2.26. The maximum Gasteiger partial charge on any atom is 0.305 e. The fraction of sp³-hybridized carbons (Fsp3) is 0.769. The summed E-state index contributed by atoms with van der Waals surface area (Å²) in [5.74, 6) is -0.190. The number of methoxy groups -OCH3 is 1. The van der Waals surface area contributed by atoms with Gasteiger partial charge in [0.1, 0.15) is 0 Å². The molecule has 1 aliphatic heterocycles. The van der Waals surface area contributed by atoms with Gasteiger partial charge in [0.2, 0.25) is 0 Å². The van der Waals surface area contributed by atoms with Gasteiger partial charge in [0.05, 0.1) is 20.3 Å². The number of hydrogen-bond acceptors (Lipinski definition) is 4. The molecule has 1 fully saturated rings. The van der Waals surface area contributed by atoms with Crippen molar-refractivity contribution in [3.8, 4) is 0 Å². The summed E-state index contributed by atoms with van der Waals surface area (Å²) in [6, 6.07) is 0. The maximum atomic E-state index is 11.3. The number of allylic oxidation sites excluding steroid dienone is 1. The third-order valence-electron chi connectivity index (χ3n) is 3.43. The molecule has 98 valence electrons. The molecule has 0 bridgehead atoms. The molecule has 1 heterocycles. The van der Waals surface area contributed by atoms with E-state index in [9.17, 15) is 4.79 Å². The Morgan fingerprint density at radius 1 is 1.53 bits per heavy atom. The van der Waals surface area contributed by atoms with Gasteiger partial charge < -0.3 is 14.2 Å². The van der Waals surface area contributed by atoms with Gasteiger partial charge >= 0.3 is 5.97 Å². The number of rotatable bonds is 7. The first-order valence-electron chi connectivity index (χ1n) is 6.09. The third kappa shape index (κ3) is 3.54. The monoisotopic (exact) mass is 242 g/mol. The summed E-state index contributed by atoms with van der Waals surface area (Å²) < 4.78 is 15.9. The van der Waals surface area contributed by atoms with E-state index in [1.165, 1.54) is 7.11 Å². The average Bonchev–Trinajstić information content (AvgIpc) is 2.88. The Kier molecular flexibility index (Phi) is 5.65. The first kappa shape index (κ1) is 14.2. The van der Waals surface area contributed by atoms with Crippen molar-refractivity contribution >= 4 is 5.97 Å². The zero-order chi connectivity index (χ0) is 12.7. The van der Waals surface area contributed by atoms with Crippen molar-refractivity contribution in [3.63, 3.8) is 0 Å². The minimum atomic E-state index is -0.227. The summed E-state index contributed by atoms with van der Waals surface area (Å²) >= 11 is 0. The predicted molar refractivity (Wildman–Crippen MR) is 64.5 cm³/mol. The molecule has 1 saturated heterocycles. The van der Waals surface area contributed by atoms with Gasteiger partial charge in [-0.05, 0) is 19.3 Å². The van der Waals surface area contributed by atoms with Crippen molar-refractivity contribution in [3.05, 3.63) is 12.7 Å². The second kappa shape index (κ2) is 6.77. The van der Waals surface area contributed by atoms with E-state index in [0.717, 1.165) is 12.8 Å². The number of hydrogen-bond donors (Lipinski definition) is 0. The standard InChI is InChI=1S/C13H22O4/c1-4-7-13(5-2,8-6-11(14)15-3)12-16-9-10-17-12/h4,12H,1,5-10H2,2-3H3. The molecule has 1 unspecified atom stereocenters. The van der Waals surface area contributed by atoms with Gasteiger partial charge in [-0.25, -0.2) is 0 Å². The van der Waals surface area contributed by atoms with Crippen LogP contribution in [0.3, 0.4) is 0 Å². The van der Waals surface area contributed by atoms with Gasteiger partial charge in [0, 0.05) is 11.8 Å². The molecule has 0 aromatic rings. The van der Waals surface area contributed by atoms with Gasteiger partial charge in [-0.15, -0.1) is 6.58 Å². The minimum Gasteiger partial charge on any atom is -0.469 e. The van der Waals surface area contributed by atoms with E-state index < -0.39 is 0 Å². The van der Waals surface area contributed by atoms with Crippen molar-refractivity contribution in [1.82, 2.24) is 0 Å². The number of esters is 1. The smallest absolute Gasteiger partial charge is 0.305 e. The van der Waals surface area contributed by atoms with Crippen LogP contribution in [0.1, 0.15) is 32.6 Å². The second-order valence-electron chi connectivity index (χ2n) is 4.36. The lowest BCUT2D eigenvalue weighted by Gasteiger charge is -2.35. The van der Waals surface area contributed by atoms with Crippen molar-refractivity contribution in [2.24, 2.45) is 5.41 Å². The molecule has 0 N–H and O–H groups in total. The Balaban J connectivity index is 2.68. The molecule has 0 aromatic carbocycles. The Morgan fingerprint density at radius 3 is 2.65 bits per heavy atom. The molecular weight excluding hydrogens is 220 g/mol. The highest BCUT2D eigenvalue weighted by Crippen LogP contribution is 2.40. The maximum absolute atomic E-state index is 11.3. The third-order valence-corrected chi connectivity index (χ3v) is 3.43. The number of carbonyl (C=O) groups excluding carboxylic acids is 1. The van der Waals surface area contributed by atoms with E-state index in [4.69, 9.17) is 9.47 Å². The van der Waals surface area contributed by atoms with Crippen molar-refractivity contribution in [2.75, 3.05) is 20.3 Å². The quantitative estimate of drug-likeness (QED) is 0.507. The highest BCUT2D eigenvalue weighted by Gasteiger charge is 2.40. The van der Waals surface area contributed by atoms with Crippen LogP contribution in [0.25, 0.3) is 0 Å². The van der Waals surface area contributed by atoms with Crippen molar-refractivity contribution in [1.29, 1.82) is 0 Å². The highest BCUT2D eigenvalue weighted by atomic mass is 16.7. The zero-order valence-electron chi connectivity index (χ0n) is 10.7. The Labute approximate surface area is 103 Å². The van der Waals surface area contributed by atoms with E-state index in [1.54, 1.807) is 0 Å². The van der Waals surface area contributed by atoms with Crippen molar-refractivity contribution < 1.29 is 19.0 Å². The highest BCUT2D eigenvalue weighted by molar-refractivity contribution is 5.69. The van der Waals surface area contributed by atoms with E-state index in [1.807, 2.05) is 6.08 Å². The van der Waals surface area contributed by atoms with Crippen LogP contribution in [0, 0.1) is 5.41 Å². The summed E-state index contributed by atoms with van der Waals surface area (Å²) in [5.41, 5.74) is -0.160.